The Hall–Kier alpha value is -0.860. The van der Waals surface area contributed by atoms with Gasteiger partial charge in [-0.05, 0) is 25.2 Å². The molecule has 0 amide bonds. The van der Waals surface area contributed by atoms with E-state index in [1.54, 1.807) is 0 Å². The predicted octanol–water partition coefficient (Wildman–Crippen LogP) is 3.90. The number of aldehydes is 1. The van der Waals surface area contributed by atoms with E-state index in [-0.39, 0.29) is 5.97 Å². The van der Waals surface area contributed by atoms with Crippen LogP contribution in [0.4, 0.5) is 0 Å². The van der Waals surface area contributed by atoms with E-state index in [1.807, 2.05) is 0 Å². The second-order valence-electron chi connectivity index (χ2n) is 5.02. The zero-order chi connectivity index (χ0) is 13.6. The van der Waals surface area contributed by atoms with Crippen LogP contribution in [0.25, 0.3) is 0 Å². The molecular weight excluding hydrogens is 228 g/mol. The molecule has 1 fully saturated rings. The highest BCUT2D eigenvalue weighted by atomic mass is 16.5. The van der Waals surface area contributed by atoms with Crippen LogP contribution in [0, 0.1) is 5.92 Å². The molecule has 0 aromatic rings. The topological polar surface area (TPSA) is 43.4 Å². The van der Waals surface area contributed by atoms with Crippen molar-refractivity contribution < 1.29 is 14.3 Å². The van der Waals surface area contributed by atoms with Gasteiger partial charge in [-0.1, -0.05) is 39.5 Å². The molecule has 0 N–H and O–H groups in total. The maximum absolute atomic E-state index is 10.2. The summed E-state index contributed by atoms with van der Waals surface area (Å²) in [5, 5.41) is 0. The highest BCUT2D eigenvalue weighted by molar-refractivity contribution is 5.69. The first-order valence-electron chi connectivity index (χ1n) is 7.30. The van der Waals surface area contributed by atoms with E-state index in [2.05, 4.69) is 18.6 Å². The third kappa shape index (κ3) is 11.6. The van der Waals surface area contributed by atoms with E-state index < -0.39 is 0 Å². The molecule has 0 radical (unpaired) electrons. The van der Waals surface area contributed by atoms with E-state index in [0.29, 0.717) is 13.0 Å². The van der Waals surface area contributed by atoms with Crippen molar-refractivity contribution in [1.29, 1.82) is 0 Å². The molecule has 106 valence electrons. The molecule has 0 aromatic heterocycles. The fraction of sp³-hybridized carbons (Fsp3) is 0.867. The molecular formula is C15H28O3. The third-order valence-electron chi connectivity index (χ3n) is 3.11. The minimum Gasteiger partial charge on any atom is -0.466 e. The van der Waals surface area contributed by atoms with Crippen LogP contribution >= 0.6 is 0 Å². The lowest BCUT2D eigenvalue weighted by molar-refractivity contribution is -0.146. The lowest BCUT2D eigenvalue weighted by Gasteiger charge is -2.08. The lowest BCUT2D eigenvalue weighted by atomic mass is 9.98. The van der Waals surface area contributed by atoms with Crippen LogP contribution in [-0.4, -0.2) is 18.9 Å². The van der Waals surface area contributed by atoms with Crippen LogP contribution in [0.5, 0.6) is 0 Å². The molecule has 1 aliphatic heterocycles. The molecule has 0 aliphatic carbocycles. The number of ether oxygens (including phenoxy) is 1. The number of carbonyl (C=O) groups is 2. The first-order valence-corrected chi connectivity index (χ1v) is 7.30. The summed E-state index contributed by atoms with van der Waals surface area (Å²) >= 11 is 0. The molecule has 1 atom stereocenters. The molecule has 0 spiro atoms. The summed E-state index contributed by atoms with van der Waals surface area (Å²) in [7, 11) is 0. The second kappa shape index (κ2) is 12.6. The van der Waals surface area contributed by atoms with Crippen LogP contribution in [0.1, 0.15) is 71.6 Å². The van der Waals surface area contributed by atoms with Crippen LogP contribution in [0.3, 0.4) is 0 Å². The first-order chi connectivity index (χ1) is 8.70. The number of hydrogen-bond donors (Lipinski definition) is 0. The smallest absolute Gasteiger partial charge is 0.305 e. The number of esters is 1. The van der Waals surface area contributed by atoms with Gasteiger partial charge in [-0.3, -0.25) is 4.79 Å². The minimum atomic E-state index is -0.0359. The standard InChI is InChI=1S/C10H20O.C5H8O2/c1-3-4-7-10(2)8-5-6-9-11;6-5-3-1-2-4-7-5/h9-10H,3-8H2,1-2H3;1-4H2. The minimum absolute atomic E-state index is 0.0359. The zero-order valence-electron chi connectivity index (χ0n) is 12.0. The Morgan fingerprint density at radius 3 is 2.44 bits per heavy atom. The van der Waals surface area contributed by atoms with Crippen LogP contribution in [-0.2, 0) is 14.3 Å². The molecule has 0 bridgehead atoms. The molecule has 3 nitrogen and oxygen atoms in total. The van der Waals surface area contributed by atoms with E-state index in [1.165, 1.54) is 25.7 Å². The van der Waals surface area contributed by atoms with Gasteiger partial charge in [-0.2, -0.15) is 0 Å². The van der Waals surface area contributed by atoms with Crippen LogP contribution in [0.2, 0.25) is 0 Å². The van der Waals surface area contributed by atoms with Crippen molar-refractivity contribution in [2.45, 2.75) is 71.6 Å². The monoisotopic (exact) mass is 256 g/mol. The summed E-state index contributed by atoms with van der Waals surface area (Å²) < 4.78 is 4.64. The Balaban J connectivity index is 0.000000351. The molecule has 3 heteroatoms. The second-order valence-corrected chi connectivity index (χ2v) is 5.02. The molecule has 1 heterocycles. The van der Waals surface area contributed by atoms with Crippen molar-refractivity contribution in [3.05, 3.63) is 0 Å². The van der Waals surface area contributed by atoms with Gasteiger partial charge in [-0.15, -0.1) is 0 Å². The van der Waals surface area contributed by atoms with Crippen LogP contribution in [0.15, 0.2) is 0 Å². The van der Waals surface area contributed by atoms with Crippen LogP contribution < -0.4 is 0 Å². The summed E-state index contributed by atoms with van der Waals surface area (Å²) in [6, 6.07) is 0. The Morgan fingerprint density at radius 2 is 2.00 bits per heavy atom. The fourth-order valence-corrected chi connectivity index (χ4v) is 1.88. The summed E-state index contributed by atoms with van der Waals surface area (Å²) in [4.78, 5) is 20.2. The van der Waals surface area contributed by atoms with E-state index in [9.17, 15) is 9.59 Å². The van der Waals surface area contributed by atoms with Gasteiger partial charge in [0.1, 0.15) is 6.29 Å². The van der Waals surface area contributed by atoms with Crippen molar-refractivity contribution in [2.24, 2.45) is 5.92 Å². The summed E-state index contributed by atoms with van der Waals surface area (Å²) in [6.07, 6.45) is 10.7. The third-order valence-corrected chi connectivity index (χ3v) is 3.11. The number of rotatable bonds is 7. The lowest BCUT2D eigenvalue weighted by Crippen LogP contribution is -2.10. The molecule has 1 rings (SSSR count). The number of hydrogen-bond acceptors (Lipinski definition) is 3. The molecule has 1 saturated heterocycles. The summed E-state index contributed by atoms with van der Waals surface area (Å²) in [6.45, 7) is 5.14. The van der Waals surface area contributed by atoms with Gasteiger partial charge < -0.3 is 9.53 Å². The predicted molar refractivity (Wildman–Crippen MR) is 73.4 cm³/mol. The number of cyclic esters (lactones) is 1. The fourth-order valence-electron chi connectivity index (χ4n) is 1.88. The van der Waals surface area contributed by atoms with Gasteiger partial charge in [0.05, 0.1) is 6.61 Å². The average Bonchev–Trinajstić information content (AvgIpc) is 2.38. The van der Waals surface area contributed by atoms with Crippen molar-refractivity contribution in [3.63, 3.8) is 0 Å². The molecule has 18 heavy (non-hydrogen) atoms. The SMILES string of the molecule is CCCCC(C)CCCC=O.O=C1CCCCO1. The van der Waals surface area contributed by atoms with Crippen molar-refractivity contribution in [3.8, 4) is 0 Å². The molecule has 1 unspecified atom stereocenters. The largest absolute Gasteiger partial charge is 0.466 e. The van der Waals surface area contributed by atoms with Gasteiger partial charge in [0.25, 0.3) is 0 Å². The highest BCUT2D eigenvalue weighted by Gasteiger charge is 2.06. The van der Waals surface area contributed by atoms with Crippen molar-refractivity contribution in [2.75, 3.05) is 6.61 Å². The maximum atomic E-state index is 10.2. The quantitative estimate of drug-likeness (QED) is 0.394. The van der Waals surface area contributed by atoms with Gasteiger partial charge in [0.15, 0.2) is 0 Å². The average molecular weight is 256 g/mol. The number of carbonyl (C=O) groups excluding carboxylic acids is 2. The molecule has 0 saturated carbocycles. The van der Waals surface area contributed by atoms with E-state index >= 15 is 0 Å². The van der Waals surface area contributed by atoms with Gasteiger partial charge in [0.2, 0.25) is 0 Å². The Morgan fingerprint density at radius 1 is 1.28 bits per heavy atom. The van der Waals surface area contributed by atoms with E-state index in [0.717, 1.165) is 37.9 Å². The van der Waals surface area contributed by atoms with Gasteiger partial charge >= 0.3 is 5.97 Å². The van der Waals surface area contributed by atoms with E-state index in [4.69, 9.17) is 0 Å². The Kier molecular flexibility index (Phi) is 12.0. The normalized spacial score (nSPS) is 16.2. The Bertz CT molecular complexity index is 206. The maximum Gasteiger partial charge on any atom is 0.305 e. The summed E-state index contributed by atoms with van der Waals surface area (Å²) in [5.41, 5.74) is 0. The highest BCUT2D eigenvalue weighted by Crippen LogP contribution is 2.14. The van der Waals surface area contributed by atoms with Crippen molar-refractivity contribution >= 4 is 12.3 Å². The van der Waals surface area contributed by atoms with Crippen molar-refractivity contribution in [1.82, 2.24) is 0 Å². The zero-order valence-corrected chi connectivity index (χ0v) is 12.0. The molecule has 1 aliphatic rings. The van der Waals surface area contributed by atoms with Gasteiger partial charge in [0, 0.05) is 12.8 Å². The summed E-state index contributed by atoms with van der Waals surface area (Å²) in [5.74, 6) is 0.779. The number of unbranched alkanes of at least 4 members (excludes halogenated alkanes) is 2. The molecule has 0 aromatic carbocycles. The van der Waals surface area contributed by atoms with Gasteiger partial charge in [-0.25, -0.2) is 0 Å². The first kappa shape index (κ1) is 17.1. The Labute approximate surface area is 111 Å².